The standard InChI is InChI=1S/C12H23NO3S2/c1-8(13-11(15)16-12(2,3)4)9(14)10-17-6-5-7-18-10/h8-10,14H,5-7H2,1-4H3,(H,13,15). The summed E-state index contributed by atoms with van der Waals surface area (Å²) >= 11 is 3.52. The topological polar surface area (TPSA) is 58.6 Å². The van der Waals surface area contributed by atoms with Crippen LogP contribution in [0.25, 0.3) is 0 Å². The summed E-state index contributed by atoms with van der Waals surface area (Å²) in [5.41, 5.74) is -0.511. The Morgan fingerprint density at radius 1 is 1.39 bits per heavy atom. The van der Waals surface area contributed by atoms with Crippen LogP contribution < -0.4 is 5.32 Å². The number of carbonyl (C=O) groups is 1. The second-order valence-corrected chi connectivity index (χ2v) is 8.19. The van der Waals surface area contributed by atoms with Gasteiger partial charge in [0, 0.05) is 0 Å². The van der Waals surface area contributed by atoms with Crippen LogP contribution >= 0.6 is 23.5 Å². The van der Waals surface area contributed by atoms with Crippen molar-refractivity contribution in [1.82, 2.24) is 5.32 Å². The van der Waals surface area contributed by atoms with Gasteiger partial charge in [0.25, 0.3) is 0 Å². The smallest absolute Gasteiger partial charge is 0.407 e. The van der Waals surface area contributed by atoms with E-state index in [0.717, 1.165) is 11.5 Å². The molecule has 2 N–H and O–H groups in total. The van der Waals surface area contributed by atoms with Gasteiger partial charge in [0.1, 0.15) is 5.60 Å². The predicted octanol–water partition coefficient (Wildman–Crippen LogP) is 2.46. The highest BCUT2D eigenvalue weighted by molar-refractivity contribution is 8.17. The Morgan fingerprint density at radius 2 is 1.94 bits per heavy atom. The Morgan fingerprint density at radius 3 is 2.44 bits per heavy atom. The van der Waals surface area contributed by atoms with Crippen LogP contribution in [0.15, 0.2) is 0 Å². The van der Waals surface area contributed by atoms with E-state index in [9.17, 15) is 9.90 Å². The molecule has 1 aliphatic heterocycles. The fraction of sp³-hybridized carbons (Fsp3) is 0.917. The van der Waals surface area contributed by atoms with Crippen molar-refractivity contribution in [3.05, 3.63) is 0 Å². The van der Waals surface area contributed by atoms with E-state index < -0.39 is 17.8 Å². The van der Waals surface area contributed by atoms with Crippen LogP contribution in [-0.2, 0) is 4.74 Å². The van der Waals surface area contributed by atoms with E-state index in [0.29, 0.717) is 0 Å². The SMILES string of the molecule is CC(NC(=O)OC(C)(C)C)C(O)C1SCCCS1. The summed E-state index contributed by atoms with van der Waals surface area (Å²) in [6.45, 7) is 7.27. The van der Waals surface area contributed by atoms with Crippen molar-refractivity contribution in [1.29, 1.82) is 0 Å². The van der Waals surface area contributed by atoms with Crippen LogP contribution in [0.2, 0.25) is 0 Å². The first-order chi connectivity index (χ1) is 8.29. The monoisotopic (exact) mass is 293 g/mol. The molecule has 0 spiro atoms. The number of alkyl carbamates (subject to hydrolysis) is 1. The van der Waals surface area contributed by atoms with Gasteiger partial charge in [-0.05, 0) is 45.6 Å². The molecule has 1 amide bonds. The number of amides is 1. The fourth-order valence-corrected chi connectivity index (χ4v) is 4.62. The molecule has 0 saturated carbocycles. The summed E-state index contributed by atoms with van der Waals surface area (Å²) in [6.07, 6.45) is 0.166. The molecule has 1 heterocycles. The van der Waals surface area contributed by atoms with Gasteiger partial charge in [0.2, 0.25) is 0 Å². The molecule has 0 aliphatic carbocycles. The molecule has 1 rings (SSSR count). The average molecular weight is 293 g/mol. The Bertz CT molecular complexity index is 275. The Balaban J connectivity index is 2.38. The number of hydrogen-bond donors (Lipinski definition) is 2. The zero-order valence-electron chi connectivity index (χ0n) is 11.4. The minimum Gasteiger partial charge on any atom is -0.444 e. The predicted molar refractivity (Wildman–Crippen MR) is 78.2 cm³/mol. The summed E-state index contributed by atoms with van der Waals surface area (Å²) in [6, 6.07) is -0.303. The van der Waals surface area contributed by atoms with E-state index in [1.807, 2.05) is 27.7 Å². The molecule has 0 bridgehead atoms. The van der Waals surface area contributed by atoms with Gasteiger partial charge < -0.3 is 15.2 Å². The van der Waals surface area contributed by atoms with Gasteiger partial charge >= 0.3 is 6.09 Å². The molecule has 6 heteroatoms. The van der Waals surface area contributed by atoms with Crippen molar-refractivity contribution in [2.75, 3.05) is 11.5 Å². The first-order valence-corrected chi connectivity index (χ1v) is 8.30. The van der Waals surface area contributed by atoms with Crippen molar-refractivity contribution >= 4 is 29.6 Å². The summed E-state index contributed by atoms with van der Waals surface area (Å²) in [7, 11) is 0. The molecule has 0 radical (unpaired) electrons. The van der Waals surface area contributed by atoms with Gasteiger partial charge in [0.15, 0.2) is 0 Å². The molecule has 1 aliphatic rings. The average Bonchev–Trinajstić information content (AvgIpc) is 2.26. The van der Waals surface area contributed by atoms with Gasteiger partial charge in [-0.1, -0.05) is 0 Å². The second-order valence-electron chi connectivity index (χ2n) is 5.39. The maximum absolute atomic E-state index is 11.6. The number of carbonyl (C=O) groups excluding carboxylic acids is 1. The number of thioether (sulfide) groups is 2. The summed E-state index contributed by atoms with van der Waals surface area (Å²) in [4.78, 5) is 11.6. The lowest BCUT2D eigenvalue weighted by molar-refractivity contribution is 0.0448. The molecule has 2 unspecified atom stereocenters. The largest absolute Gasteiger partial charge is 0.444 e. The minimum atomic E-state index is -0.548. The van der Waals surface area contributed by atoms with E-state index >= 15 is 0 Å². The van der Waals surface area contributed by atoms with Gasteiger partial charge in [-0.2, -0.15) is 0 Å². The van der Waals surface area contributed by atoms with Crippen molar-refractivity contribution in [2.24, 2.45) is 0 Å². The lowest BCUT2D eigenvalue weighted by Gasteiger charge is -2.30. The maximum Gasteiger partial charge on any atom is 0.407 e. The van der Waals surface area contributed by atoms with Crippen molar-refractivity contribution in [2.45, 2.75) is 56.4 Å². The molecule has 2 atom stereocenters. The van der Waals surface area contributed by atoms with E-state index in [2.05, 4.69) is 5.32 Å². The molecule has 106 valence electrons. The molecular weight excluding hydrogens is 270 g/mol. The molecule has 0 aromatic carbocycles. The summed E-state index contributed by atoms with van der Waals surface area (Å²) in [5.74, 6) is 2.15. The normalized spacial score (nSPS) is 21.2. The number of hydrogen-bond acceptors (Lipinski definition) is 5. The number of aliphatic hydroxyl groups is 1. The van der Waals surface area contributed by atoms with Gasteiger partial charge in [0.05, 0.1) is 16.7 Å². The first-order valence-electron chi connectivity index (χ1n) is 6.20. The van der Waals surface area contributed by atoms with Crippen molar-refractivity contribution in [3.8, 4) is 0 Å². The van der Waals surface area contributed by atoms with Crippen LogP contribution in [0.5, 0.6) is 0 Å². The Labute approximate surface area is 118 Å². The van der Waals surface area contributed by atoms with Crippen molar-refractivity contribution in [3.63, 3.8) is 0 Å². The molecule has 4 nitrogen and oxygen atoms in total. The van der Waals surface area contributed by atoms with Gasteiger partial charge in [-0.25, -0.2) is 4.79 Å². The zero-order chi connectivity index (χ0) is 13.8. The zero-order valence-corrected chi connectivity index (χ0v) is 13.1. The first kappa shape index (κ1) is 16.0. The van der Waals surface area contributed by atoms with Crippen LogP contribution in [-0.4, -0.2) is 45.0 Å². The quantitative estimate of drug-likeness (QED) is 0.837. The van der Waals surface area contributed by atoms with Crippen LogP contribution in [0.1, 0.15) is 34.1 Å². The maximum atomic E-state index is 11.6. The molecule has 0 aromatic heterocycles. The minimum absolute atomic E-state index is 0.142. The molecule has 1 fully saturated rings. The number of aliphatic hydroxyl groups excluding tert-OH is 1. The number of rotatable bonds is 3. The van der Waals surface area contributed by atoms with Crippen LogP contribution in [0.4, 0.5) is 4.79 Å². The third-order valence-corrected chi connectivity index (χ3v) is 5.47. The Kier molecular flexibility index (Phi) is 6.14. The highest BCUT2D eigenvalue weighted by atomic mass is 32.2. The van der Waals surface area contributed by atoms with Gasteiger partial charge in [-0.15, -0.1) is 23.5 Å². The third kappa shape index (κ3) is 5.71. The highest BCUT2D eigenvalue weighted by Crippen LogP contribution is 2.33. The van der Waals surface area contributed by atoms with Crippen LogP contribution in [0.3, 0.4) is 0 Å². The molecule has 1 saturated heterocycles. The number of nitrogens with one attached hydrogen (secondary N) is 1. The fourth-order valence-electron chi connectivity index (χ4n) is 1.52. The van der Waals surface area contributed by atoms with E-state index in [-0.39, 0.29) is 10.6 Å². The highest BCUT2D eigenvalue weighted by Gasteiger charge is 2.29. The lowest BCUT2D eigenvalue weighted by Crippen LogP contribution is -2.47. The van der Waals surface area contributed by atoms with E-state index in [4.69, 9.17) is 4.74 Å². The van der Waals surface area contributed by atoms with Crippen LogP contribution in [0, 0.1) is 0 Å². The molecule has 18 heavy (non-hydrogen) atoms. The number of ether oxygens (including phenoxy) is 1. The molecular formula is C12H23NO3S2. The third-order valence-electron chi connectivity index (χ3n) is 2.39. The molecule has 0 aromatic rings. The lowest BCUT2D eigenvalue weighted by atomic mass is 10.2. The second kappa shape index (κ2) is 6.91. The Hall–Kier alpha value is -0.0700. The summed E-state index contributed by atoms with van der Waals surface area (Å²) in [5, 5.41) is 12.9. The van der Waals surface area contributed by atoms with Gasteiger partial charge in [-0.3, -0.25) is 0 Å². The van der Waals surface area contributed by atoms with E-state index in [1.54, 1.807) is 23.5 Å². The summed E-state index contributed by atoms with van der Waals surface area (Å²) < 4.78 is 5.31. The van der Waals surface area contributed by atoms with Crippen molar-refractivity contribution < 1.29 is 14.6 Å². The van der Waals surface area contributed by atoms with E-state index in [1.165, 1.54) is 6.42 Å².